The van der Waals surface area contributed by atoms with Crippen LogP contribution in [0.2, 0.25) is 0 Å². The van der Waals surface area contributed by atoms with Crippen molar-refractivity contribution in [3.05, 3.63) is 105 Å². The fraction of sp³-hybridized carbons (Fsp3) is 0.120. The number of nitro benzene ring substituents is 1. The van der Waals surface area contributed by atoms with Crippen LogP contribution < -0.4 is 10.2 Å². The SMILES string of the molecule is Cc1cccc(N2C(=O)C(Nc3cc(C)ccc3C)=C(c3ccc([N+](=O)[O-])cc3)C2=O)c1. The molecule has 0 bridgehead atoms. The Morgan fingerprint density at radius 3 is 2.19 bits per heavy atom. The number of hydrogen-bond donors (Lipinski definition) is 1. The van der Waals surface area contributed by atoms with Crippen LogP contribution in [0.25, 0.3) is 5.57 Å². The van der Waals surface area contributed by atoms with Gasteiger partial charge in [-0.25, -0.2) is 4.90 Å². The van der Waals surface area contributed by atoms with Crippen molar-refractivity contribution in [2.24, 2.45) is 0 Å². The van der Waals surface area contributed by atoms with E-state index in [-0.39, 0.29) is 17.0 Å². The molecule has 32 heavy (non-hydrogen) atoms. The number of carbonyl (C=O) groups is 2. The summed E-state index contributed by atoms with van der Waals surface area (Å²) in [6.45, 7) is 5.73. The van der Waals surface area contributed by atoms with Crippen LogP contribution in [0.15, 0.2) is 72.4 Å². The lowest BCUT2D eigenvalue weighted by atomic mass is 10.0. The zero-order valence-corrected chi connectivity index (χ0v) is 17.9. The first kappa shape index (κ1) is 21.0. The van der Waals surface area contributed by atoms with Gasteiger partial charge in [0.2, 0.25) is 0 Å². The number of nitro groups is 1. The Labute approximate surface area is 185 Å². The highest BCUT2D eigenvalue weighted by Gasteiger charge is 2.40. The summed E-state index contributed by atoms with van der Waals surface area (Å²) in [4.78, 5) is 38.6. The summed E-state index contributed by atoms with van der Waals surface area (Å²) in [7, 11) is 0. The Morgan fingerprint density at radius 2 is 1.53 bits per heavy atom. The summed E-state index contributed by atoms with van der Waals surface area (Å²) in [5.74, 6) is -0.961. The van der Waals surface area contributed by atoms with Gasteiger partial charge in [0.05, 0.1) is 16.2 Å². The second-order valence-corrected chi connectivity index (χ2v) is 7.78. The second kappa shape index (κ2) is 8.11. The Morgan fingerprint density at radius 1 is 0.844 bits per heavy atom. The molecule has 2 amide bonds. The molecule has 4 rings (SSSR count). The van der Waals surface area contributed by atoms with Crippen molar-refractivity contribution in [2.45, 2.75) is 20.8 Å². The third kappa shape index (κ3) is 3.76. The van der Waals surface area contributed by atoms with Gasteiger partial charge in [0, 0.05) is 17.8 Å². The third-order valence-corrected chi connectivity index (χ3v) is 5.36. The molecule has 1 N–H and O–H groups in total. The monoisotopic (exact) mass is 427 g/mol. The minimum atomic E-state index is -0.506. The fourth-order valence-corrected chi connectivity index (χ4v) is 3.67. The summed E-state index contributed by atoms with van der Waals surface area (Å²) < 4.78 is 0. The van der Waals surface area contributed by atoms with Crippen molar-refractivity contribution in [1.82, 2.24) is 0 Å². The van der Waals surface area contributed by atoms with Crippen molar-refractivity contribution in [3.63, 3.8) is 0 Å². The summed E-state index contributed by atoms with van der Waals surface area (Å²) in [6, 6.07) is 18.6. The lowest BCUT2D eigenvalue weighted by Crippen LogP contribution is -2.32. The largest absolute Gasteiger partial charge is 0.350 e. The topological polar surface area (TPSA) is 92.6 Å². The minimum Gasteiger partial charge on any atom is -0.350 e. The first-order valence-electron chi connectivity index (χ1n) is 10.0. The average Bonchev–Trinajstić information content (AvgIpc) is 3.00. The molecule has 7 heteroatoms. The number of benzene rings is 3. The predicted molar refractivity (Wildman–Crippen MR) is 123 cm³/mol. The first-order chi connectivity index (χ1) is 15.3. The molecule has 0 saturated carbocycles. The van der Waals surface area contributed by atoms with Crippen LogP contribution in [0.5, 0.6) is 0 Å². The van der Waals surface area contributed by atoms with Gasteiger partial charge < -0.3 is 5.32 Å². The molecule has 0 fully saturated rings. The zero-order chi connectivity index (χ0) is 23.0. The van der Waals surface area contributed by atoms with Crippen molar-refractivity contribution < 1.29 is 14.5 Å². The van der Waals surface area contributed by atoms with Crippen molar-refractivity contribution in [2.75, 3.05) is 10.2 Å². The molecule has 0 saturated heterocycles. The van der Waals surface area contributed by atoms with Gasteiger partial charge in [-0.1, -0.05) is 24.3 Å². The van der Waals surface area contributed by atoms with E-state index >= 15 is 0 Å². The number of rotatable bonds is 5. The van der Waals surface area contributed by atoms with E-state index in [2.05, 4.69) is 5.32 Å². The lowest BCUT2D eigenvalue weighted by molar-refractivity contribution is -0.384. The van der Waals surface area contributed by atoms with Gasteiger partial charge >= 0.3 is 0 Å². The predicted octanol–water partition coefficient (Wildman–Crippen LogP) is 4.92. The number of nitrogens with zero attached hydrogens (tertiary/aromatic N) is 2. The number of amides is 2. The lowest BCUT2D eigenvalue weighted by Gasteiger charge is -2.16. The van der Waals surface area contributed by atoms with E-state index in [4.69, 9.17) is 0 Å². The molecule has 1 heterocycles. The van der Waals surface area contributed by atoms with Gasteiger partial charge in [-0.15, -0.1) is 0 Å². The minimum absolute atomic E-state index is 0.0919. The number of imide groups is 1. The van der Waals surface area contributed by atoms with Crippen LogP contribution in [0, 0.1) is 30.9 Å². The number of non-ortho nitro benzene ring substituents is 1. The van der Waals surface area contributed by atoms with Crippen LogP contribution in [0.3, 0.4) is 0 Å². The molecule has 0 aliphatic carbocycles. The third-order valence-electron chi connectivity index (χ3n) is 5.36. The molecule has 160 valence electrons. The smallest absolute Gasteiger partial charge is 0.282 e. The van der Waals surface area contributed by atoms with E-state index in [0.717, 1.165) is 21.6 Å². The van der Waals surface area contributed by atoms with Crippen LogP contribution >= 0.6 is 0 Å². The highest BCUT2D eigenvalue weighted by Crippen LogP contribution is 2.35. The quantitative estimate of drug-likeness (QED) is 0.355. The maximum Gasteiger partial charge on any atom is 0.282 e. The summed E-state index contributed by atoms with van der Waals surface area (Å²) in [5, 5.41) is 14.2. The van der Waals surface area contributed by atoms with Crippen molar-refractivity contribution >= 4 is 34.4 Å². The van der Waals surface area contributed by atoms with Gasteiger partial charge in [-0.2, -0.15) is 0 Å². The van der Waals surface area contributed by atoms with Gasteiger partial charge in [0.1, 0.15) is 5.70 Å². The van der Waals surface area contributed by atoms with Crippen LogP contribution in [-0.2, 0) is 9.59 Å². The molecule has 0 atom stereocenters. The Kier molecular flexibility index (Phi) is 5.32. The van der Waals surface area contributed by atoms with Crippen LogP contribution in [0.1, 0.15) is 22.3 Å². The maximum absolute atomic E-state index is 13.5. The summed E-state index contributed by atoms with van der Waals surface area (Å²) in [6.07, 6.45) is 0. The molecule has 3 aromatic rings. The van der Waals surface area contributed by atoms with Crippen molar-refractivity contribution in [1.29, 1.82) is 0 Å². The second-order valence-electron chi connectivity index (χ2n) is 7.78. The summed E-state index contributed by atoms with van der Waals surface area (Å²) >= 11 is 0. The van der Waals surface area contributed by atoms with E-state index in [0.29, 0.717) is 16.9 Å². The highest BCUT2D eigenvalue weighted by molar-refractivity contribution is 6.46. The van der Waals surface area contributed by atoms with Gasteiger partial charge in [0.15, 0.2) is 0 Å². The van der Waals surface area contributed by atoms with E-state index < -0.39 is 16.7 Å². The number of aryl methyl sites for hydroxylation is 3. The van der Waals surface area contributed by atoms with Crippen molar-refractivity contribution in [3.8, 4) is 0 Å². The zero-order valence-electron chi connectivity index (χ0n) is 17.9. The molecule has 0 radical (unpaired) electrons. The molecule has 0 spiro atoms. The molecule has 0 aromatic heterocycles. The highest BCUT2D eigenvalue weighted by atomic mass is 16.6. The Hall–Kier alpha value is -4.26. The fourth-order valence-electron chi connectivity index (χ4n) is 3.67. The average molecular weight is 427 g/mol. The molecular weight excluding hydrogens is 406 g/mol. The normalized spacial score (nSPS) is 13.7. The van der Waals surface area contributed by atoms with E-state index in [1.165, 1.54) is 24.3 Å². The van der Waals surface area contributed by atoms with E-state index in [1.54, 1.807) is 18.2 Å². The number of carbonyl (C=O) groups excluding carboxylic acids is 2. The Balaban J connectivity index is 1.85. The van der Waals surface area contributed by atoms with E-state index in [1.807, 2.05) is 45.0 Å². The molecule has 1 aliphatic heterocycles. The molecule has 7 nitrogen and oxygen atoms in total. The van der Waals surface area contributed by atoms with Gasteiger partial charge in [-0.05, 0) is 73.4 Å². The van der Waals surface area contributed by atoms with Crippen LogP contribution in [0.4, 0.5) is 17.1 Å². The number of hydrogen-bond acceptors (Lipinski definition) is 5. The molecule has 0 unspecified atom stereocenters. The Bertz CT molecular complexity index is 1290. The molecule has 1 aliphatic rings. The van der Waals surface area contributed by atoms with Gasteiger partial charge in [0.25, 0.3) is 17.5 Å². The number of anilines is 2. The van der Waals surface area contributed by atoms with E-state index in [9.17, 15) is 19.7 Å². The summed E-state index contributed by atoms with van der Waals surface area (Å²) in [5.41, 5.74) is 4.66. The molecule has 3 aromatic carbocycles. The van der Waals surface area contributed by atoms with Crippen LogP contribution in [-0.4, -0.2) is 16.7 Å². The molecular formula is C25H21N3O4. The first-order valence-corrected chi connectivity index (χ1v) is 10.0. The number of nitrogens with one attached hydrogen (secondary N) is 1. The standard InChI is InChI=1S/C25H21N3O4/c1-15-5-4-6-20(13-15)27-24(29)22(18-9-11-19(12-10-18)28(31)32)23(25(27)30)26-21-14-16(2)7-8-17(21)3/h4-14,26H,1-3H3. The maximum atomic E-state index is 13.5. The van der Waals surface area contributed by atoms with Gasteiger partial charge in [-0.3, -0.25) is 19.7 Å².